The Morgan fingerprint density at radius 3 is 2.82 bits per heavy atom. The summed E-state index contributed by atoms with van der Waals surface area (Å²) in [5.41, 5.74) is 1.59. The van der Waals surface area contributed by atoms with Gasteiger partial charge in [-0.05, 0) is 37.1 Å². The Kier molecular flexibility index (Phi) is 3.98. The van der Waals surface area contributed by atoms with Crippen LogP contribution in [0.4, 0.5) is 14.5 Å². The summed E-state index contributed by atoms with van der Waals surface area (Å²) in [6.45, 7) is -2.96. The van der Waals surface area contributed by atoms with E-state index in [1.54, 1.807) is 6.07 Å². The number of benzene rings is 1. The van der Waals surface area contributed by atoms with Crippen LogP contribution in [-0.2, 0) is 0 Å². The van der Waals surface area contributed by atoms with Crippen molar-refractivity contribution in [3.8, 4) is 5.75 Å². The normalized spacial score (nSPS) is 14.2. The number of hydrogen-bond donors (Lipinski definition) is 2. The van der Waals surface area contributed by atoms with Gasteiger partial charge in [-0.15, -0.1) is 0 Å². The average molecular weight is 328 g/mol. The van der Waals surface area contributed by atoms with Crippen LogP contribution in [-0.4, -0.2) is 22.7 Å². The summed E-state index contributed by atoms with van der Waals surface area (Å²) in [5, 5.41) is 9.38. The number of alkyl halides is 2. The molecule has 0 aliphatic heterocycles. The molecule has 5 nitrogen and oxygen atoms in total. The summed E-state index contributed by atoms with van der Waals surface area (Å²) in [6.07, 6.45) is 2.20. The van der Waals surface area contributed by atoms with Gasteiger partial charge in [-0.3, -0.25) is 9.89 Å². The number of nitrogens with zero attached hydrogens (tertiary/aromatic N) is 1. The lowest BCUT2D eigenvalue weighted by molar-refractivity contribution is -0.0497. The van der Waals surface area contributed by atoms with E-state index in [0.717, 1.165) is 18.5 Å². The number of aromatic nitrogens is 2. The monoisotopic (exact) mass is 327 g/mol. The fourth-order valence-electron chi connectivity index (χ4n) is 2.02. The summed E-state index contributed by atoms with van der Waals surface area (Å²) in [7, 11) is 0. The number of carbonyl (C=O) groups excluding carboxylic acids is 1. The van der Waals surface area contributed by atoms with Gasteiger partial charge in [-0.2, -0.15) is 13.9 Å². The van der Waals surface area contributed by atoms with E-state index in [1.807, 2.05) is 0 Å². The molecule has 1 amide bonds. The van der Waals surface area contributed by atoms with Crippen LogP contribution in [0.1, 0.15) is 34.9 Å². The Labute approximate surface area is 129 Å². The maximum absolute atomic E-state index is 12.1. The third kappa shape index (κ3) is 3.36. The molecule has 1 aliphatic carbocycles. The first-order valence-electron chi connectivity index (χ1n) is 6.64. The van der Waals surface area contributed by atoms with Crippen LogP contribution in [0, 0.1) is 0 Å². The van der Waals surface area contributed by atoms with E-state index in [0.29, 0.717) is 11.6 Å². The molecule has 2 aromatic rings. The molecule has 2 N–H and O–H groups in total. The molecule has 1 fully saturated rings. The zero-order chi connectivity index (χ0) is 15.7. The number of H-pyrrole nitrogens is 1. The highest BCUT2D eigenvalue weighted by Crippen LogP contribution is 2.39. The van der Waals surface area contributed by atoms with E-state index in [1.165, 1.54) is 18.2 Å². The van der Waals surface area contributed by atoms with Crippen LogP contribution in [0.2, 0.25) is 5.02 Å². The molecule has 0 radical (unpaired) electrons. The molecule has 3 rings (SSSR count). The number of rotatable bonds is 5. The smallest absolute Gasteiger partial charge is 0.387 e. The molecule has 0 bridgehead atoms. The highest BCUT2D eigenvalue weighted by molar-refractivity contribution is 6.32. The third-order valence-electron chi connectivity index (χ3n) is 3.25. The number of hydrogen-bond acceptors (Lipinski definition) is 3. The first-order chi connectivity index (χ1) is 10.5. The molecule has 1 aromatic heterocycles. The van der Waals surface area contributed by atoms with Crippen LogP contribution >= 0.6 is 11.6 Å². The van der Waals surface area contributed by atoms with E-state index in [2.05, 4.69) is 20.3 Å². The number of anilines is 1. The van der Waals surface area contributed by atoms with Crippen molar-refractivity contribution in [3.05, 3.63) is 40.7 Å². The second-order valence-corrected chi connectivity index (χ2v) is 5.37. The zero-order valence-corrected chi connectivity index (χ0v) is 12.0. The predicted octanol–water partition coefficient (Wildman–Crippen LogP) is 3.79. The molecule has 0 spiro atoms. The number of amides is 1. The van der Waals surface area contributed by atoms with Crippen molar-refractivity contribution in [2.75, 3.05) is 5.32 Å². The van der Waals surface area contributed by atoms with E-state index >= 15 is 0 Å². The molecule has 0 unspecified atom stereocenters. The van der Waals surface area contributed by atoms with Crippen molar-refractivity contribution in [1.29, 1.82) is 0 Å². The van der Waals surface area contributed by atoms with Crippen LogP contribution in [0.3, 0.4) is 0 Å². The fourth-order valence-corrected chi connectivity index (χ4v) is 2.25. The Balaban J connectivity index is 1.68. The lowest BCUT2D eigenvalue weighted by Gasteiger charge is -2.08. The fraction of sp³-hybridized carbons (Fsp3) is 0.286. The molecule has 1 aromatic carbocycles. The van der Waals surface area contributed by atoms with Crippen LogP contribution < -0.4 is 10.1 Å². The van der Waals surface area contributed by atoms with Gasteiger partial charge in [-0.1, -0.05) is 11.6 Å². The van der Waals surface area contributed by atoms with Crippen molar-refractivity contribution in [2.24, 2.45) is 0 Å². The Morgan fingerprint density at radius 1 is 1.41 bits per heavy atom. The SMILES string of the molecule is O=C(Nc1ccc(OC(F)F)c(Cl)c1)c1cc(C2CC2)[nH]n1. The van der Waals surface area contributed by atoms with Crippen molar-refractivity contribution >= 4 is 23.2 Å². The highest BCUT2D eigenvalue weighted by atomic mass is 35.5. The van der Waals surface area contributed by atoms with E-state index in [-0.39, 0.29) is 16.5 Å². The Morgan fingerprint density at radius 2 is 2.18 bits per heavy atom. The predicted molar refractivity (Wildman–Crippen MR) is 76.6 cm³/mol. The van der Waals surface area contributed by atoms with Crippen molar-refractivity contribution in [3.63, 3.8) is 0 Å². The zero-order valence-electron chi connectivity index (χ0n) is 11.3. The van der Waals surface area contributed by atoms with Crippen LogP contribution in [0.15, 0.2) is 24.3 Å². The minimum atomic E-state index is -2.96. The van der Waals surface area contributed by atoms with Gasteiger partial charge < -0.3 is 10.1 Å². The topological polar surface area (TPSA) is 67.0 Å². The van der Waals surface area contributed by atoms with Gasteiger partial charge in [-0.25, -0.2) is 0 Å². The minimum Gasteiger partial charge on any atom is -0.433 e. The van der Waals surface area contributed by atoms with Gasteiger partial charge in [0.05, 0.1) is 5.02 Å². The quantitative estimate of drug-likeness (QED) is 0.878. The van der Waals surface area contributed by atoms with Crippen molar-refractivity contribution in [1.82, 2.24) is 10.2 Å². The summed E-state index contributed by atoms with van der Waals surface area (Å²) in [6, 6.07) is 5.74. The van der Waals surface area contributed by atoms with Crippen molar-refractivity contribution < 1.29 is 18.3 Å². The standard InChI is InChI=1S/C14H12ClF2N3O2/c15-9-5-8(3-4-12(9)22-14(16)17)18-13(21)11-6-10(19-20-11)7-1-2-7/h3-7,14H,1-2H2,(H,18,21)(H,19,20). The second-order valence-electron chi connectivity index (χ2n) is 4.96. The maximum Gasteiger partial charge on any atom is 0.387 e. The van der Waals surface area contributed by atoms with E-state index in [4.69, 9.17) is 11.6 Å². The number of aromatic amines is 1. The number of nitrogens with one attached hydrogen (secondary N) is 2. The first kappa shape index (κ1) is 14.8. The summed E-state index contributed by atoms with van der Waals surface area (Å²) in [4.78, 5) is 12.1. The largest absolute Gasteiger partial charge is 0.433 e. The summed E-state index contributed by atoms with van der Waals surface area (Å²) in [5.74, 6) is -0.0820. The van der Waals surface area contributed by atoms with Crippen LogP contribution in [0.25, 0.3) is 0 Å². The van der Waals surface area contributed by atoms with Gasteiger partial charge in [0.15, 0.2) is 5.69 Å². The number of carbonyl (C=O) groups is 1. The third-order valence-corrected chi connectivity index (χ3v) is 3.55. The van der Waals surface area contributed by atoms with Gasteiger partial charge in [0, 0.05) is 17.3 Å². The molecular weight excluding hydrogens is 316 g/mol. The molecule has 8 heteroatoms. The van der Waals surface area contributed by atoms with Gasteiger partial charge >= 0.3 is 6.61 Å². The van der Waals surface area contributed by atoms with Gasteiger partial charge in [0.2, 0.25) is 0 Å². The van der Waals surface area contributed by atoms with Crippen LogP contribution in [0.5, 0.6) is 5.75 Å². The Hall–Kier alpha value is -2.15. The van der Waals surface area contributed by atoms with Gasteiger partial charge in [0.25, 0.3) is 5.91 Å². The van der Waals surface area contributed by atoms with E-state index in [9.17, 15) is 13.6 Å². The lowest BCUT2D eigenvalue weighted by Crippen LogP contribution is -2.12. The molecule has 0 saturated heterocycles. The molecule has 1 heterocycles. The first-order valence-corrected chi connectivity index (χ1v) is 7.02. The molecule has 1 aliphatic rings. The van der Waals surface area contributed by atoms with E-state index < -0.39 is 12.5 Å². The number of halogens is 3. The van der Waals surface area contributed by atoms with Crippen molar-refractivity contribution in [2.45, 2.75) is 25.4 Å². The average Bonchev–Trinajstić information content (AvgIpc) is 3.19. The minimum absolute atomic E-state index is 0.0150. The maximum atomic E-state index is 12.1. The second kappa shape index (κ2) is 5.92. The lowest BCUT2D eigenvalue weighted by atomic mass is 10.2. The Bertz CT molecular complexity index is 701. The molecule has 0 atom stereocenters. The van der Waals surface area contributed by atoms with Gasteiger partial charge in [0.1, 0.15) is 5.75 Å². The molecular formula is C14H12ClF2N3O2. The summed E-state index contributed by atoms with van der Waals surface area (Å²) < 4.78 is 28.5. The molecule has 22 heavy (non-hydrogen) atoms. The highest BCUT2D eigenvalue weighted by Gasteiger charge is 2.26. The molecule has 116 valence electrons. The molecule has 1 saturated carbocycles. The number of ether oxygens (including phenoxy) is 1. The summed E-state index contributed by atoms with van der Waals surface area (Å²) >= 11 is 5.83.